The maximum Gasteiger partial charge on any atom is 0.416 e. The zero-order valence-corrected chi connectivity index (χ0v) is 27.6. The van der Waals surface area contributed by atoms with E-state index in [1.807, 2.05) is 30.3 Å². The molecule has 51 heavy (non-hydrogen) atoms. The Hall–Kier alpha value is -5.37. The lowest BCUT2D eigenvalue weighted by Gasteiger charge is -2.38. The summed E-state index contributed by atoms with van der Waals surface area (Å²) in [5, 5.41) is 10.1. The summed E-state index contributed by atoms with van der Waals surface area (Å²) >= 11 is 0. The monoisotopic (exact) mass is 706 g/mol. The zero-order valence-electron chi connectivity index (χ0n) is 27.6. The predicted molar refractivity (Wildman–Crippen MR) is 180 cm³/mol. The minimum absolute atomic E-state index is 0.00101. The van der Waals surface area contributed by atoms with E-state index in [0.29, 0.717) is 28.2 Å². The number of likely N-dealkylation sites (tertiary alicyclic amines) is 1. The van der Waals surface area contributed by atoms with Crippen molar-refractivity contribution >= 4 is 23.5 Å². The van der Waals surface area contributed by atoms with Crippen molar-refractivity contribution in [1.82, 2.24) is 25.3 Å². The topological polar surface area (TPSA) is 99.6 Å². The fraction of sp³-hybridized carbons (Fsp3) is 0.297. The van der Waals surface area contributed by atoms with Crippen LogP contribution in [0.3, 0.4) is 0 Å². The molecule has 3 aromatic carbocycles. The van der Waals surface area contributed by atoms with E-state index in [-0.39, 0.29) is 43.7 Å². The molecule has 9 nitrogen and oxygen atoms in total. The molecule has 0 saturated carbocycles. The highest BCUT2D eigenvalue weighted by Gasteiger charge is 2.45. The number of hydrogen-bond donors (Lipinski definition) is 2. The van der Waals surface area contributed by atoms with Crippen LogP contribution in [0.4, 0.5) is 27.8 Å². The van der Waals surface area contributed by atoms with E-state index in [1.54, 1.807) is 42.1 Å². The molecule has 14 heteroatoms. The van der Waals surface area contributed by atoms with Crippen LogP contribution in [-0.2, 0) is 22.3 Å². The van der Waals surface area contributed by atoms with E-state index in [1.165, 1.54) is 15.9 Å². The molecular formula is C37H35F5N6O3. The van der Waals surface area contributed by atoms with E-state index in [2.05, 4.69) is 22.3 Å². The predicted octanol–water partition coefficient (Wildman–Crippen LogP) is 5.70. The molecule has 2 atom stereocenters. The van der Waals surface area contributed by atoms with Crippen LogP contribution in [0, 0.1) is 0 Å². The van der Waals surface area contributed by atoms with Crippen LogP contribution >= 0.6 is 0 Å². The number of nitrogens with one attached hydrogen (secondary N) is 2. The highest BCUT2D eigenvalue weighted by atomic mass is 19.4. The van der Waals surface area contributed by atoms with Crippen molar-refractivity contribution in [2.45, 2.75) is 43.9 Å². The number of benzene rings is 3. The SMILES string of the molecule is C=C(CN1CCC(F)(F)C1)C(=O)NCc1cccc([C@@H]2c3cnn(-c4ccccc4)c3N(CC)C(=O)[C@H]2NC(=O)c2cccc(C(F)(F)F)c2)c1. The largest absolute Gasteiger partial charge is 0.416 e. The zero-order chi connectivity index (χ0) is 36.5. The molecule has 6 rings (SSSR count). The number of amides is 3. The molecule has 3 heterocycles. The third-order valence-corrected chi connectivity index (χ3v) is 9.03. The molecule has 4 aromatic rings. The average molecular weight is 707 g/mol. The molecule has 1 saturated heterocycles. The first-order chi connectivity index (χ1) is 24.3. The van der Waals surface area contributed by atoms with E-state index < -0.39 is 53.9 Å². The van der Waals surface area contributed by atoms with E-state index >= 15 is 0 Å². The Morgan fingerprint density at radius 1 is 1.02 bits per heavy atom. The number of anilines is 1. The lowest BCUT2D eigenvalue weighted by Crippen LogP contribution is -2.55. The Labute approximate surface area is 290 Å². The second-order valence-electron chi connectivity index (χ2n) is 12.6. The summed E-state index contributed by atoms with van der Waals surface area (Å²) in [6.45, 7) is 5.51. The minimum atomic E-state index is -4.68. The number of carbonyl (C=O) groups is 3. The van der Waals surface area contributed by atoms with E-state index in [4.69, 9.17) is 0 Å². The van der Waals surface area contributed by atoms with E-state index in [0.717, 1.165) is 18.2 Å². The summed E-state index contributed by atoms with van der Waals surface area (Å²) in [7, 11) is 0. The number of halogens is 5. The lowest BCUT2D eigenvalue weighted by atomic mass is 9.81. The summed E-state index contributed by atoms with van der Waals surface area (Å²) in [6.07, 6.45) is -3.35. The van der Waals surface area contributed by atoms with Gasteiger partial charge in [0.15, 0.2) is 0 Å². The summed E-state index contributed by atoms with van der Waals surface area (Å²) in [4.78, 5) is 43.7. The normalized spacial score (nSPS) is 18.7. The highest BCUT2D eigenvalue weighted by molar-refractivity contribution is 6.05. The number of carbonyl (C=O) groups excluding carboxylic acids is 3. The molecule has 0 bridgehead atoms. The third-order valence-electron chi connectivity index (χ3n) is 9.03. The maximum absolute atomic E-state index is 14.3. The van der Waals surface area contributed by atoms with Crippen LogP contribution in [0.2, 0.25) is 0 Å². The van der Waals surface area contributed by atoms with Gasteiger partial charge in [-0.25, -0.2) is 13.5 Å². The Balaban J connectivity index is 1.32. The fourth-order valence-corrected chi connectivity index (χ4v) is 6.57. The number of aromatic nitrogens is 2. The Morgan fingerprint density at radius 3 is 2.45 bits per heavy atom. The molecular weight excluding hydrogens is 671 g/mol. The minimum Gasteiger partial charge on any atom is -0.348 e. The van der Waals surface area contributed by atoms with Gasteiger partial charge in [0, 0.05) is 55.2 Å². The number of likely N-dealkylation sites (N-methyl/N-ethyl adjacent to an activating group) is 1. The molecule has 1 fully saturated rings. The van der Waals surface area contributed by atoms with Crippen molar-refractivity contribution in [2.75, 3.05) is 31.1 Å². The van der Waals surface area contributed by atoms with Gasteiger partial charge in [0.05, 0.1) is 24.0 Å². The van der Waals surface area contributed by atoms with E-state index in [9.17, 15) is 36.3 Å². The molecule has 2 N–H and O–H groups in total. The first-order valence-electron chi connectivity index (χ1n) is 16.3. The Kier molecular flexibility index (Phi) is 9.80. The maximum atomic E-state index is 14.3. The molecule has 1 aromatic heterocycles. The van der Waals surface area contributed by atoms with Gasteiger partial charge in [-0.2, -0.15) is 18.3 Å². The van der Waals surface area contributed by atoms with Gasteiger partial charge in [0.25, 0.3) is 17.7 Å². The van der Waals surface area contributed by atoms with Crippen molar-refractivity contribution in [2.24, 2.45) is 0 Å². The molecule has 0 radical (unpaired) electrons. The number of rotatable bonds is 10. The van der Waals surface area contributed by atoms with Gasteiger partial charge >= 0.3 is 6.18 Å². The van der Waals surface area contributed by atoms with Gasteiger partial charge in [0.2, 0.25) is 5.91 Å². The van der Waals surface area contributed by atoms with Gasteiger partial charge in [-0.15, -0.1) is 0 Å². The molecule has 266 valence electrons. The first-order valence-corrected chi connectivity index (χ1v) is 16.3. The van der Waals surface area contributed by atoms with Crippen molar-refractivity contribution in [3.8, 4) is 5.69 Å². The first kappa shape index (κ1) is 35.5. The van der Waals surface area contributed by atoms with Crippen molar-refractivity contribution < 1.29 is 36.3 Å². The highest BCUT2D eigenvalue weighted by Crippen LogP contribution is 2.42. The Bertz CT molecular complexity index is 1960. The second-order valence-corrected chi connectivity index (χ2v) is 12.6. The molecule has 0 aliphatic carbocycles. The Morgan fingerprint density at radius 2 is 1.76 bits per heavy atom. The van der Waals surface area contributed by atoms with Gasteiger partial charge in [-0.3, -0.25) is 24.2 Å². The number of para-hydroxylation sites is 1. The molecule has 2 aliphatic heterocycles. The smallest absolute Gasteiger partial charge is 0.348 e. The van der Waals surface area contributed by atoms with Crippen molar-refractivity contribution in [3.63, 3.8) is 0 Å². The average Bonchev–Trinajstić information content (AvgIpc) is 3.69. The summed E-state index contributed by atoms with van der Waals surface area (Å²) in [6, 6.07) is 18.9. The number of hydrogen-bond acceptors (Lipinski definition) is 5. The van der Waals surface area contributed by atoms with Crippen molar-refractivity contribution in [1.29, 1.82) is 0 Å². The van der Waals surface area contributed by atoms with Crippen LogP contribution in [0.1, 0.15) is 51.9 Å². The van der Waals surface area contributed by atoms with Gasteiger partial charge in [-0.1, -0.05) is 55.1 Å². The quantitative estimate of drug-likeness (QED) is 0.163. The summed E-state index contributed by atoms with van der Waals surface area (Å²) in [5.74, 6) is -5.00. The molecule has 0 spiro atoms. The van der Waals surface area contributed by atoms with Crippen LogP contribution in [0.5, 0.6) is 0 Å². The van der Waals surface area contributed by atoms with Gasteiger partial charge in [-0.05, 0) is 48.4 Å². The van der Waals surface area contributed by atoms with Gasteiger partial charge in [0.1, 0.15) is 11.9 Å². The molecule has 2 aliphatic rings. The number of fused-ring (bicyclic) bond motifs is 1. The fourth-order valence-electron chi connectivity index (χ4n) is 6.57. The van der Waals surface area contributed by atoms with Crippen molar-refractivity contribution in [3.05, 3.63) is 125 Å². The molecule has 3 amide bonds. The van der Waals surface area contributed by atoms with Crippen LogP contribution in [0.15, 0.2) is 97.2 Å². The second kappa shape index (κ2) is 14.1. The summed E-state index contributed by atoms with van der Waals surface area (Å²) in [5.41, 5.74) is 1.35. The number of alkyl halides is 5. The summed E-state index contributed by atoms with van der Waals surface area (Å²) < 4.78 is 69.4. The van der Waals surface area contributed by atoms with Crippen LogP contribution in [0.25, 0.3) is 5.69 Å². The van der Waals surface area contributed by atoms with Gasteiger partial charge < -0.3 is 10.6 Å². The number of nitrogens with zero attached hydrogens (tertiary/aromatic N) is 4. The third kappa shape index (κ3) is 7.55. The van der Waals surface area contributed by atoms with Crippen LogP contribution < -0.4 is 15.5 Å². The lowest BCUT2D eigenvalue weighted by molar-refractivity contribution is -0.137. The molecule has 0 unspecified atom stereocenters. The standard InChI is InChI=1S/C37H35F5N6O3/c1-3-47-34-29(20-44-48(34)28-13-5-4-6-14-28)30(31(35(47)51)45-33(50)26-11-8-12-27(18-26)37(40,41)42)25-10-7-9-24(17-25)19-43-32(49)23(2)21-46-16-15-36(38,39)22-46/h4-14,17-18,20,30-31H,2-3,15-16,19,21-22H2,1H3,(H,43,49)(H,45,50)/t30-,31+/m1/s1. The van der Waals surface area contributed by atoms with Crippen LogP contribution in [-0.4, -0.2) is 70.5 Å².